The highest BCUT2D eigenvalue weighted by Crippen LogP contribution is 2.32. The van der Waals surface area contributed by atoms with Crippen molar-refractivity contribution in [1.29, 1.82) is 0 Å². The van der Waals surface area contributed by atoms with Crippen LogP contribution in [-0.2, 0) is 12.7 Å². The number of halogens is 4. The highest BCUT2D eigenvalue weighted by Gasteiger charge is 2.36. The minimum atomic E-state index is -4.25. The standard InChI is InChI=1S/C15H19F3N2.ClH/c1-10-4-14(15(16,17)18)3-2-11(10)7-20-8-12-5-19-6-13(12)9-20;/h2-4,12-13,19H,5-9H2,1H3;1H/t12-,13+;. The summed E-state index contributed by atoms with van der Waals surface area (Å²) in [5, 5.41) is 3.39. The predicted octanol–water partition coefficient (Wildman–Crippen LogP) is 3.09. The van der Waals surface area contributed by atoms with Crippen molar-refractivity contribution in [3.05, 3.63) is 34.9 Å². The molecule has 1 aromatic rings. The molecule has 118 valence electrons. The first-order valence-corrected chi connectivity index (χ1v) is 7.03. The molecule has 1 N–H and O–H groups in total. The lowest BCUT2D eigenvalue weighted by Crippen LogP contribution is -2.25. The van der Waals surface area contributed by atoms with Crippen molar-refractivity contribution in [3.63, 3.8) is 0 Å². The first-order chi connectivity index (χ1) is 9.43. The number of likely N-dealkylation sites (tertiary alicyclic amines) is 1. The van der Waals surface area contributed by atoms with Crippen molar-refractivity contribution in [2.24, 2.45) is 11.8 Å². The average molecular weight is 321 g/mol. The number of hydrogen-bond acceptors (Lipinski definition) is 2. The van der Waals surface area contributed by atoms with Crippen molar-refractivity contribution in [2.75, 3.05) is 26.2 Å². The monoisotopic (exact) mass is 320 g/mol. The molecule has 0 amide bonds. The first kappa shape index (κ1) is 16.6. The summed E-state index contributed by atoms with van der Waals surface area (Å²) >= 11 is 0. The van der Waals surface area contributed by atoms with E-state index >= 15 is 0 Å². The van der Waals surface area contributed by atoms with E-state index in [0.717, 1.165) is 43.9 Å². The predicted molar refractivity (Wildman–Crippen MR) is 78.6 cm³/mol. The molecule has 2 heterocycles. The van der Waals surface area contributed by atoms with Crippen molar-refractivity contribution >= 4 is 12.4 Å². The summed E-state index contributed by atoms with van der Waals surface area (Å²) in [5.41, 5.74) is 1.18. The quantitative estimate of drug-likeness (QED) is 0.901. The molecular formula is C15H20ClF3N2. The molecule has 2 saturated heterocycles. The molecule has 2 nitrogen and oxygen atoms in total. The second-order valence-electron chi connectivity index (χ2n) is 6.01. The maximum Gasteiger partial charge on any atom is 0.416 e. The van der Waals surface area contributed by atoms with E-state index in [0.29, 0.717) is 11.8 Å². The van der Waals surface area contributed by atoms with Gasteiger partial charge in [0.25, 0.3) is 0 Å². The lowest BCUT2D eigenvalue weighted by Gasteiger charge is -2.19. The van der Waals surface area contributed by atoms with Crippen molar-refractivity contribution in [1.82, 2.24) is 10.2 Å². The minimum Gasteiger partial charge on any atom is -0.316 e. The molecule has 0 saturated carbocycles. The van der Waals surface area contributed by atoms with Crippen LogP contribution in [0.4, 0.5) is 13.2 Å². The first-order valence-electron chi connectivity index (χ1n) is 7.03. The summed E-state index contributed by atoms with van der Waals surface area (Å²) in [6.07, 6.45) is -4.25. The summed E-state index contributed by atoms with van der Waals surface area (Å²) < 4.78 is 37.9. The van der Waals surface area contributed by atoms with Crippen molar-refractivity contribution < 1.29 is 13.2 Å². The SMILES string of the molecule is Cc1cc(C(F)(F)F)ccc1CN1C[C@H]2CNC[C@H]2C1.Cl. The summed E-state index contributed by atoms with van der Waals surface area (Å²) in [6.45, 7) is 6.79. The molecule has 2 aliphatic heterocycles. The van der Waals surface area contributed by atoms with Crippen molar-refractivity contribution in [2.45, 2.75) is 19.6 Å². The fourth-order valence-electron chi connectivity index (χ4n) is 3.37. The molecule has 0 aliphatic carbocycles. The van der Waals surface area contributed by atoms with Crippen LogP contribution in [0.2, 0.25) is 0 Å². The van der Waals surface area contributed by atoms with Gasteiger partial charge in [-0.2, -0.15) is 13.2 Å². The van der Waals surface area contributed by atoms with Crippen LogP contribution in [0, 0.1) is 18.8 Å². The Bertz CT molecular complexity index is 492. The fraction of sp³-hybridized carbons (Fsp3) is 0.600. The number of aryl methyl sites for hydroxylation is 1. The van der Waals surface area contributed by atoms with E-state index in [2.05, 4.69) is 10.2 Å². The van der Waals surface area contributed by atoms with Gasteiger partial charge in [0.05, 0.1) is 5.56 Å². The maximum absolute atomic E-state index is 12.6. The summed E-state index contributed by atoms with van der Waals surface area (Å²) in [4.78, 5) is 2.37. The molecule has 21 heavy (non-hydrogen) atoms. The summed E-state index contributed by atoms with van der Waals surface area (Å²) in [5.74, 6) is 1.43. The molecule has 3 rings (SSSR count). The van der Waals surface area contributed by atoms with E-state index in [1.165, 1.54) is 12.1 Å². The Morgan fingerprint density at radius 1 is 1.19 bits per heavy atom. The van der Waals surface area contributed by atoms with E-state index in [9.17, 15) is 13.2 Å². The molecule has 6 heteroatoms. The normalized spacial score (nSPS) is 25.7. The molecule has 0 radical (unpaired) electrons. The molecule has 0 bridgehead atoms. The molecular weight excluding hydrogens is 301 g/mol. The Kier molecular flexibility index (Phi) is 4.85. The third kappa shape index (κ3) is 3.52. The Morgan fingerprint density at radius 3 is 2.33 bits per heavy atom. The zero-order chi connectivity index (χ0) is 14.3. The van der Waals surface area contributed by atoms with Gasteiger partial charge < -0.3 is 5.32 Å². The Balaban J connectivity index is 0.00000161. The van der Waals surface area contributed by atoms with Gasteiger partial charge in [0.2, 0.25) is 0 Å². The topological polar surface area (TPSA) is 15.3 Å². The van der Waals surface area contributed by atoms with E-state index < -0.39 is 11.7 Å². The minimum absolute atomic E-state index is 0. The van der Waals surface area contributed by atoms with Crippen LogP contribution in [0.1, 0.15) is 16.7 Å². The lowest BCUT2D eigenvalue weighted by atomic mass is 10.0. The van der Waals surface area contributed by atoms with Crippen LogP contribution >= 0.6 is 12.4 Å². The number of fused-ring (bicyclic) bond motifs is 1. The zero-order valence-electron chi connectivity index (χ0n) is 11.9. The summed E-state index contributed by atoms with van der Waals surface area (Å²) in [7, 11) is 0. The second-order valence-corrected chi connectivity index (χ2v) is 6.01. The molecule has 2 atom stereocenters. The number of nitrogens with zero attached hydrogens (tertiary/aromatic N) is 1. The summed E-state index contributed by atoms with van der Waals surface area (Å²) in [6, 6.07) is 4.08. The molecule has 1 aromatic carbocycles. The lowest BCUT2D eigenvalue weighted by molar-refractivity contribution is -0.137. The van der Waals surface area contributed by atoms with Gasteiger partial charge in [-0.05, 0) is 55.1 Å². The smallest absolute Gasteiger partial charge is 0.316 e. The van der Waals surface area contributed by atoms with Gasteiger partial charge in [-0.25, -0.2) is 0 Å². The van der Waals surface area contributed by atoms with Crippen LogP contribution in [-0.4, -0.2) is 31.1 Å². The second kappa shape index (κ2) is 6.15. The highest BCUT2D eigenvalue weighted by atomic mass is 35.5. The Labute approximate surface area is 129 Å². The van der Waals surface area contributed by atoms with Gasteiger partial charge in [0.15, 0.2) is 0 Å². The number of alkyl halides is 3. The third-order valence-corrected chi connectivity index (χ3v) is 4.53. The van der Waals surface area contributed by atoms with Gasteiger partial charge in [0, 0.05) is 19.6 Å². The van der Waals surface area contributed by atoms with Crippen LogP contribution in [0.3, 0.4) is 0 Å². The van der Waals surface area contributed by atoms with Crippen LogP contribution in [0.25, 0.3) is 0 Å². The molecule has 2 fully saturated rings. The van der Waals surface area contributed by atoms with Gasteiger partial charge in [-0.1, -0.05) is 6.07 Å². The molecule has 0 aromatic heterocycles. The van der Waals surface area contributed by atoms with E-state index in [1.54, 1.807) is 13.0 Å². The molecule has 0 spiro atoms. The number of benzene rings is 1. The van der Waals surface area contributed by atoms with Crippen LogP contribution < -0.4 is 5.32 Å². The number of hydrogen-bond donors (Lipinski definition) is 1. The van der Waals surface area contributed by atoms with Crippen molar-refractivity contribution in [3.8, 4) is 0 Å². The Morgan fingerprint density at radius 2 is 1.81 bits per heavy atom. The third-order valence-electron chi connectivity index (χ3n) is 4.53. The van der Waals surface area contributed by atoms with Crippen LogP contribution in [0.5, 0.6) is 0 Å². The van der Waals surface area contributed by atoms with E-state index in [-0.39, 0.29) is 12.4 Å². The average Bonchev–Trinajstić information content (AvgIpc) is 2.90. The van der Waals surface area contributed by atoms with Gasteiger partial charge in [-0.3, -0.25) is 4.90 Å². The number of nitrogens with one attached hydrogen (secondary N) is 1. The largest absolute Gasteiger partial charge is 0.416 e. The fourth-order valence-corrected chi connectivity index (χ4v) is 3.37. The van der Waals surface area contributed by atoms with Gasteiger partial charge in [-0.15, -0.1) is 12.4 Å². The number of rotatable bonds is 2. The molecule has 0 unspecified atom stereocenters. The maximum atomic E-state index is 12.6. The van der Waals surface area contributed by atoms with E-state index in [1.807, 2.05) is 0 Å². The van der Waals surface area contributed by atoms with Gasteiger partial charge in [0.1, 0.15) is 0 Å². The Hall–Kier alpha value is -0.780. The van der Waals surface area contributed by atoms with Crippen LogP contribution in [0.15, 0.2) is 18.2 Å². The van der Waals surface area contributed by atoms with E-state index in [4.69, 9.17) is 0 Å². The zero-order valence-corrected chi connectivity index (χ0v) is 12.7. The highest BCUT2D eigenvalue weighted by molar-refractivity contribution is 5.85. The molecule has 2 aliphatic rings. The van der Waals surface area contributed by atoms with Gasteiger partial charge >= 0.3 is 6.18 Å².